The van der Waals surface area contributed by atoms with Gasteiger partial charge in [-0.15, -0.1) is 0 Å². The number of rotatable bonds is 72. The van der Waals surface area contributed by atoms with Gasteiger partial charge in [0.2, 0.25) is 29.5 Å². The van der Waals surface area contributed by atoms with E-state index in [1.165, 1.54) is 0 Å². The van der Waals surface area contributed by atoms with E-state index in [0.717, 1.165) is 38.5 Å². The van der Waals surface area contributed by atoms with Gasteiger partial charge in [0.05, 0.1) is 116 Å². The molecule has 4 heterocycles. The maximum Gasteiger partial charge on any atom is 0.407 e. The molecule has 4 aliphatic heterocycles. The first-order chi connectivity index (χ1) is 61.2. The molecule has 0 bridgehead atoms. The number of ether oxygens (including phenoxy) is 13. The molecule has 40 heteroatoms. The molecule has 0 aromatic heterocycles. The summed E-state index contributed by atoms with van der Waals surface area (Å²) < 4.78 is 72.6. The lowest BCUT2D eigenvalue weighted by Gasteiger charge is -2.40. The van der Waals surface area contributed by atoms with E-state index >= 15 is 0 Å². The summed E-state index contributed by atoms with van der Waals surface area (Å²) in [5, 5.41) is 109. The molecule has 4 saturated heterocycles. The Morgan fingerprint density at radius 2 is 0.732 bits per heavy atom. The highest BCUT2D eigenvalue weighted by atomic mass is 16.7. The number of aliphatic hydroxyl groups is 9. The van der Waals surface area contributed by atoms with E-state index in [-0.39, 0.29) is 171 Å². The number of ketones is 2. The van der Waals surface area contributed by atoms with E-state index < -0.39 is 135 Å². The highest BCUT2D eigenvalue weighted by Crippen LogP contribution is 2.40. The van der Waals surface area contributed by atoms with Crippen LogP contribution in [0.1, 0.15) is 226 Å². The second-order valence-electron chi connectivity index (χ2n) is 33.6. The number of likely N-dealkylation sites (tertiary alicyclic amines) is 1. The average Bonchev–Trinajstić information content (AvgIpc) is 1.70. The Kier molecular flexibility index (Phi) is 60.4. The van der Waals surface area contributed by atoms with Crippen molar-refractivity contribution in [3.8, 4) is 0 Å². The second kappa shape index (κ2) is 67.8. The zero-order valence-corrected chi connectivity index (χ0v) is 75.9. The third-order valence-electron chi connectivity index (χ3n) is 23.3. The molecule has 127 heavy (non-hydrogen) atoms. The van der Waals surface area contributed by atoms with Gasteiger partial charge in [0, 0.05) is 136 Å². The summed E-state index contributed by atoms with van der Waals surface area (Å²) in [5.74, 6) is -2.80. The molecular weight excluding hydrogens is 1670 g/mol. The summed E-state index contributed by atoms with van der Waals surface area (Å²) in [6.07, 6.45) is -0.0393. The maximum absolute atomic E-state index is 14.2. The molecule has 40 nitrogen and oxygen atoms in total. The van der Waals surface area contributed by atoms with Crippen LogP contribution in [0.25, 0.3) is 0 Å². The van der Waals surface area contributed by atoms with Crippen molar-refractivity contribution in [1.82, 2.24) is 42.1 Å². The quantitative estimate of drug-likeness (QED) is 0.0307. The zero-order valence-electron chi connectivity index (χ0n) is 75.9. The molecule has 0 aromatic rings. The van der Waals surface area contributed by atoms with Crippen LogP contribution in [0.15, 0.2) is 0 Å². The van der Waals surface area contributed by atoms with Gasteiger partial charge in [0.25, 0.3) is 0 Å². The van der Waals surface area contributed by atoms with Crippen molar-refractivity contribution < 1.29 is 155 Å². The number of hydrogen-bond donors (Lipinski definition) is 16. The third kappa shape index (κ3) is 47.6. The van der Waals surface area contributed by atoms with Gasteiger partial charge in [0.15, 0.2) is 24.7 Å². The predicted molar refractivity (Wildman–Crippen MR) is 459 cm³/mol. The molecule has 4 rings (SSSR count). The fourth-order valence-corrected chi connectivity index (χ4v) is 15.5. The molecule has 4 fully saturated rings. The third-order valence-corrected chi connectivity index (χ3v) is 23.3. The summed E-state index contributed by atoms with van der Waals surface area (Å²) in [6, 6.07) is -0.0399. The molecule has 0 aromatic carbocycles. The van der Waals surface area contributed by atoms with E-state index in [0.29, 0.717) is 174 Å². The molecular formula is C87H156N8O32. The number of amides is 8. The molecule has 0 spiro atoms. The van der Waals surface area contributed by atoms with Crippen molar-refractivity contribution >= 4 is 59.4 Å². The standard InChI is InChI=1S/C87H156N8O32/c1-60-75(106)78(109)67(55-96)125-81(60)119-43-20-27-70(101)88-36-14-6-9-17-39-92-84(112)122-46-23-33-87(34-24-47-123-85(113)93-40-18-10-7-15-37-89-71(102)28-21-44-120-82-61(2)76(107)79(110)68(56-97)126-82,35-25-48-124-86(114)94-41-19-11-8-16-38-90-72(103)29-22-45-121-83-62(3)77(108)80(111)69(57-98)127-83)53-64(99)31-32-73(104)91-42-49-117-50-51-118-59-65(100)26-12-13-30-74(105)95-54-66(116-5)52-63(95)58-115-4/h60-63,66-69,75-83,96-98,106-111H,6-59H2,1-5H3,(H,88,101)(H,89,102)(H,90,103)(H,91,104)(H,92,112)(H,93,113)(H,94,114)/t60?,61?,62?,63-,66+,67?,68?,69?,75?,76?,77?,78?,79?,80?,81?,82?,83?,87?/m1/s1. The van der Waals surface area contributed by atoms with Crippen LogP contribution >= 0.6 is 0 Å². The van der Waals surface area contributed by atoms with Crippen molar-refractivity contribution in [2.75, 3.05) is 159 Å². The van der Waals surface area contributed by atoms with Gasteiger partial charge in [-0.1, -0.05) is 59.3 Å². The molecule has 17 atom stereocenters. The summed E-state index contributed by atoms with van der Waals surface area (Å²) in [6.45, 7) is 7.74. The summed E-state index contributed by atoms with van der Waals surface area (Å²) in [4.78, 5) is 131. The van der Waals surface area contributed by atoms with E-state index in [1.807, 2.05) is 0 Å². The fourth-order valence-electron chi connectivity index (χ4n) is 15.5. The molecule has 16 N–H and O–H groups in total. The van der Waals surface area contributed by atoms with E-state index in [4.69, 9.17) is 61.6 Å². The molecule has 736 valence electrons. The molecule has 0 aliphatic carbocycles. The van der Waals surface area contributed by atoms with Gasteiger partial charge in [0.1, 0.15) is 49.0 Å². The van der Waals surface area contributed by atoms with Gasteiger partial charge < -0.3 is 150 Å². The van der Waals surface area contributed by atoms with Crippen molar-refractivity contribution in [1.29, 1.82) is 0 Å². The van der Waals surface area contributed by atoms with Crippen LogP contribution in [0.2, 0.25) is 0 Å². The Bertz CT molecular complexity index is 2820. The van der Waals surface area contributed by atoms with Crippen molar-refractivity contribution in [2.24, 2.45) is 23.2 Å². The summed E-state index contributed by atoms with van der Waals surface area (Å²) in [7, 11) is 3.23. The van der Waals surface area contributed by atoms with Crippen LogP contribution < -0.4 is 37.2 Å². The lowest BCUT2D eigenvalue weighted by atomic mass is 9.71. The first kappa shape index (κ1) is 113. The minimum Gasteiger partial charge on any atom is -0.450 e. The number of hydrogen-bond acceptors (Lipinski definition) is 32. The molecule has 15 unspecified atom stereocenters. The Balaban J connectivity index is 1.26. The van der Waals surface area contributed by atoms with Gasteiger partial charge in [-0.25, -0.2) is 14.4 Å². The number of nitrogens with zero attached hydrogens (tertiary/aromatic N) is 1. The number of carbonyl (C=O) groups is 10. The monoisotopic (exact) mass is 1830 g/mol. The van der Waals surface area contributed by atoms with Crippen molar-refractivity contribution in [3.63, 3.8) is 0 Å². The zero-order chi connectivity index (χ0) is 93.0. The highest BCUT2D eigenvalue weighted by molar-refractivity contribution is 5.85. The number of nitrogens with one attached hydrogen (secondary N) is 7. The SMILES string of the molecule is COC[C@H]1C[C@H](OC)CN1C(=O)CCCCC(=O)COCCOCCNC(=O)CCC(=O)CC(CCCOC(=O)NCCCCCCNC(=O)CCCOC1OC(CO)C(O)C(O)C1C)(CCCOC(=O)NCCCCCCNC(=O)CCCOC1OC(CO)C(O)C(O)C1C)CCCOC(=O)NCCCCCCNC(=O)CCCOC1OC(CO)C(O)C(O)C1C. The lowest BCUT2D eigenvalue weighted by Crippen LogP contribution is -2.55. The summed E-state index contributed by atoms with van der Waals surface area (Å²) in [5.41, 5.74) is -0.816. The predicted octanol–water partition coefficient (Wildman–Crippen LogP) is 2.42. The van der Waals surface area contributed by atoms with Gasteiger partial charge in [-0.3, -0.25) is 33.6 Å². The maximum atomic E-state index is 14.2. The molecule has 4 aliphatic rings. The summed E-state index contributed by atoms with van der Waals surface area (Å²) >= 11 is 0. The minimum absolute atomic E-state index is 0.00834. The number of alkyl carbamates (subject to hydrolysis) is 3. The first-order valence-electron chi connectivity index (χ1n) is 46.2. The minimum atomic E-state index is -1.24. The smallest absolute Gasteiger partial charge is 0.407 e. The van der Waals surface area contributed by atoms with E-state index in [2.05, 4.69) is 37.2 Å². The lowest BCUT2D eigenvalue weighted by molar-refractivity contribution is -0.282. The van der Waals surface area contributed by atoms with E-state index in [9.17, 15) is 93.9 Å². The Morgan fingerprint density at radius 3 is 1.11 bits per heavy atom. The number of methoxy groups -OCH3 is 2. The van der Waals surface area contributed by atoms with Crippen LogP contribution in [0.4, 0.5) is 14.4 Å². The topological polar surface area (TPSA) is 560 Å². The molecule has 0 saturated carbocycles. The normalized spacial score (nSPS) is 24.6. The highest BCUT2D eigenvalue weighted by Gasteiger charge is 2.45. The Morgan fingerprint density at radius 1 is 0.370 bits per heavy atom. The molecule has 8 amide bonds. The largest absolute Gasteiger partial charge is 0.450 e. The molecule has 0 radical (unpaired) electrons. The van der Waals surface area contributed by atoms with Crippen molar-refractivity contribution in [2.45, 2.75) is 312 Å². The Hall–Kier alpha value is -6.26. The van der Waals surface area contributed by atoms with Crippen LogP contribution in [0.5, 0.6) is 0 Å². The van der Waals surface area contributed by atoms with Gasteiger partial charge in [-0.2, -0.15) is 0 Å². The first-order valence-corrected chi connectivity index (χ1v) is 46.2. The Labute approximate surface area is 748 Å². The van der Waals surface area contributed by atoms with Crippen molar-refractivity contribution in [3.05, 3.63) is 0 Å². The average molecular weight is 1830 g/mol. The number of Topliss-reactive ketones (excluding diaryl/α,β-unsaturated/α-hetero) is 2. The van der Waals surface area contributed by atoms with Crippen LogP contribution in [-0.4, -0.2) is 355 Å². The van der Waals surface area contributed by atoms with Gasteiger partial charge >= 0.3 is 18.3 Å². The van der Waals surface area contributed by atoms with Gasteiger partial charge in [-0.05, 0) is 121 Å². The van der Waals surface area contributed by atoms with Crippen LogP contribution in [0, 0.1) is 23.2 Å². The van der Waals surface area contributed by atoms with Crippen LogP contribution in [-0.2, 0) is 95.1 Å². The second-order valence-corrected chi connectivity index (χ2v) is 33.6. The van der Waals surface area contributed by atoms with E-state index in [1.54, 1.807) is 39.9 Å². The number of aliphatic hydroxyl groups excluding tert-OH is 9. The van der Waals surface area contributed by atoms with Crippen LogP contribution in [0.3, 0.4) is 0 Å². The number of unbranched alkanes of at least 4 members (excludes halogenated alkanes) is 10. The fraction of sp³-hybridized carbons (Fsp3) is 0.885. The number of carbonyl (C=O) groups excluding carboxylic acids is 10.